The summed E-state index contributed by atoms with van der Waals surface area (Å²) in [6.07, 6.45) is 3.20. The molecule has 0 spiro atoms. The number of benzene rings is 1. The highest BCUT2D eigenvalue weighted by atomic mass is 16.5. The number of rotatable bonds is 8. The van der Waals surface area contributed by atoms with Crippen LogP contribution in [0.3, 0.4) is 0 Å². The molecule has 0 aliphatic carbocycles. The summed E-state index contributed by atoms with van der Waals surface area (Å²) in [5.41, 5.74) is 0.940. The van der Waals surface area contributed by atoms with Gasteiger partial charge in [0.05, 0.1) is 13.2 Å². The molecule has 2 unspecified atom stereocenters. The normalized spacial score (nSPS) is 14.4. The summed E-state index contributed by atoms with van der Waals surface area (Å²) >= 11 is 0. The molecule has 2 atom stereocenters. The van der Waals surface area contributed by atoms with Gasteiger partial charge in [0.25, 0.3) is 0 Å². The third-order valence-corrected chi connectivity index (χ3v) is 3.72. The lowest BCUT2D eigenvalue weighted by atomic mass is 10.0. The predicted molar refractivity (Wildman–Crippen MR) is 79.6 cm³/mol. The van der Waals surface area contributed by atoms with Gasteiger partial charge in [-0.15, -0.1) is 0 Å². The van der Waals surface area contributed by atoms with Gasteiger partial charge in [0.1, 0.15) is 5.75 Å². The molecule has 0 aromatic heterocycles. The molecule has 0 saturated heterocycles. The van der Waals surface area contributed by atoms with Gasteiger partial charge in [-0.1, -0.05) is 31.9 Å². The van der Waals surface area contributed by atoms with Gasteiger partial charge >= 0.3 is 0 Å². The molecule has 1 N–H and O–H groups in total. The van der Waals surface area contributed by atoms with E-state index in [2.05, 4.69) is 25.8 Å². The number of unbranched alkanes of at least 4 members (excludes halogenated alkanes) is 2. The van der Waals surface area contributed by atoms with E-state index in [4.69, 9.17) is 4.74 Å². The highest BCUT2D eigenvalue weighted by Crippen LogP contribution is 2.22. The van der Waals surface area contributed by atoms with Crippen molar-refractivity contribution in [3.05, 3.63) is 29.8 Å². The van der Waals surface area contributed by atoms with Gasteiger partial charge < -0.3 is 14.7 Å². The summed E-state index contributed by atoms with van der Waals surface area (Å²) in [6, 6.07) is 7.76. The second-order valence-corrected chi connectivity index (χ2v) is 5.15. The molecule has 1 rings (SSSR count). The molecule has 1 aromatic carbocycles. The van der Waals surface area contributed by atoms with E-state index in [0.717, 1.165) is 17.9 Å². The molecule has 0 saturated carbocycles. The summed E-state index contributed by atoms with van der Waals surface area (Å²) in [6.45, 7) is 5.30. The van der Waals surface area contributed by atoms with Crippen LogP contribution in [-0.2, 0) is 0 Å². The van der Waals surface area contributed by atoms with Gasteiger partial charge in [-0.3, -0.25) is 0 Å². The van der Waals surface area contributed by atoms with Crippen LogP contribution in [-0.4, -0.2) is 36.8 Å². The summed E-state index contributed by atoms with van der Waals surface area (Å²) in [7, 11) is 3.72. The third kappa shape index (κ3) is 4.84. The number of likely N-dealkylation sites (N-methyl/N-ethyl adjacent to an activating group) is 1. The monoisotopic (exact) mass is 265 g/mol. The first-order valence-electron chi connectivity index (χ1n) is 7.12. The lowest BCUT2D eigenvalue weighted by Crippen LogP contribution is -2.35. The molecule has 0 bridgehead atoms. The highest BCUT2D eigenvalue weighted by Gasteiger charge is 2.20. The van der Waals surface area contributed by atoms with E-state index in [-0.39, 0.29) is 6.04 Å². The average molecular weight is 265 g/mol. The Kier molecular flexibility index (Phi) is 6.89. The minimum absolute atomic E-state index is 0.116. The largest absolute Gasteiger partial charge is 0.497 e. The van der Waals surface area contributed by atoms with Crippen molar-refractivity contribution in [3.63, 3.8) is 0 Å². The second kappa shape index (κ2) is 8.18. The molecule has 3 heteroatoms. The van der Waals surface area contributed by atoms with E-state index >= 15 is 0 Å². The summed E-state index contributed by atoms with van der Waals surface area (Å²) < 4.78 is 5.13. The Balaban J connectivity index is 2.56. The van der Waals surface area contributed by atoms with Gasteiger partial charge in [-0.2, -0.15) is 0 Å². The molecule has 0 amide bonds. The molecule has 1 aromatic rings. The number of hydrogen-bond donors (Lipinski definition) is 1. The fraction of sp³-hybridized carbons (Fsp3) is 0.625. The van der Waals surface area contributed by atoms with Gasteiger partial charge in [-0.25, -0.2) is 0 Å². The average Bonchev–Trinajstić information content (AvgIpc) is 2.46. The summed E-state index contributed by atoms with van der Waals surface area (Å²) in [4.78, 5) is 2.23. The molecular weight excluding hydrogens is 238 g/mol. The van der Waals surface area contributed by atoms with Gasteiger partial charge in [0.2, 0.25) is 0 Å². The maximum absolute atomic E-state index is 10.4. The van der Waals surface area contributed by atoms with Crippen molar-refractivity contribution >= 4 is 0 Å². The van der Waals surface area contributed by atoms with Crippen LogP contribution in [0.5, 0.6) is 5.75 Å². The highest BCUT2D eigenvalue weighted by molar-refractivity contribution is 5.28. The van der Waals surface area contributed by atoms with Crippen molar-refractivity contribution in [2.24, 2.45) is 0 Å². The molecule has 3 nitrogen and oxygen atoms in total. The van der Waals surface area contributed by atoms with Crippen molar-refractivity contribution in [2.75, 3.05) is 20.7 Å². The van der Waals surface area contributed by atoms with Crippen LogP contribution < -0.4 is 4.74 Å². The molecule has 0 heterocycles. The minimum atomic E-state index is -0.461. The van der Waals surface area contributed by atoms with Crippen LogP contribution in [0, 0.1) is 0 Å². The maximum Gasteiger partial charge on any atom is 0.118 e. The van der Waals surface area contributed by atoms with Crippen molar-refractivity contribution in [1.29, 1.82) is 0 Å². The van der Waals surface area contributed by atoms with E-state index in [9.17, 15) is 5.11 Å². The zero-order valence-electron chi connectivity index (χ0n) is 12.6. The zero-order chi connectivity index (χ0) is 14.3. The minimum Gasteiger partial charge on any atom is -0.497 e. The Morgan fingerprint density at radius 2 is 1.84 bits per heavy atom. The number of aliphatic hydroxyl groups excluding tert-OH is 1. The molecule has 0 aliphatic rings. The van der Waals surface area contributed by atoms with Crippen molar-refractivity contribution < 1.29 is 9.84 Å². The van der Waals surface area contributed by atoms with Crippen LogP contribution in [0.2, 0.25) is 0 Å². The Morgan fingerprint density at radius 1 is 1.21 bits per heavy atom. The fourth-order valence-electron chi connectivity index (χ4n) is 2.14. The van der Waals surface area contributed by atoms with Crippen molar-refractivity contribution in [2.45, 2.75) is 45.3 Å². The van der Waals surface area contributed by atoms with Crippen LogP contribution in [0.15, 0.2) is 24.3 Å². The smallest absolute Gasteiger partial charge is 0.118 e. The number of nitrogens with zero attached hydrogens (tertiary/aromatic N) is 1. The van der Waals surface area contributed by atoms with Gasteiger partial charge in [-0.05, 0) is 44.6 Å². The van der Waals surface area contributed by atoms with E-state index in [1.807, 2.05) is 24.3 Å². The van der Waals surface area contributed by atoms with E-state index in [1.165, 1.54) is 19.3 Å². The number of ether oxygens (including phenoxy) is 1. The Labute approximate surface area is 117 Å². The molecular formula is C16H27NO2. The lowest BCUT2D eigenvalue weighted by molar-refractivity contribution is 0.0717. The van der Waals surface area contributed by atoms with E-state index in [1.54, 1.807) is 7.11 Å². The lowest BCUT2D eigenvalue weighted by Gasteiger charge is -2.29. The molecule has 108 valence electrons. The number of hydrogen-bond acceptors (Lipinski definition) is 3. The first-order valence-corrected chi connectivity index (χ1v) is 7.12. The van der Waals surface area contributed by atoms with E-state index < -0.39 is 6.10 Å². The third-order valence-electron chi connectivity index (χ3n) is 3.72. The molecule has 0 aliphatic heterocycles. The van der Waals surface area contributed by atoms with Crippen LogP contribution in [0.4, 0.5) is 0 Å². The predicted octanol–water partition coefficient (Wildman–Crippen LogP) is 3.24. The van der Waals surface area contributed by atoms with Gasteiger partial charge in [0, 0.05) is 6.04 Å². The fourth-order valence-corrected chi connectivity index (χ4v) is 2.14. The van der Waals surface area contributed by atoms with Gasteiger partial charge in [0.15, 0.2) is 0 Å². The second-order valence-electron chi connectivity index (χ2n) is 5.15. The Hall–Kier alpha value is -1.06. The molecule has 19 heavy (non-hydrogen) atoms. The first-order chi connectivity index (χ1) is 9.10. The van der Waals surface area contributed by atoms with Crippen LogP contribution >= 0.6 is 0 Å². The van der Waals surface area contributed by atoms with Crippen molar-refractivity contribution in [1.82, 2.24) is 4.90 Å². The summed E-state index contributed by atoms with van der Waals surface area (Å²) in [5.74, 6) is 0.819. The van der Waals surface area contributed by atoms with Crippen molar-refractivity contribution in [3.8, 4) is 5.75 Å². The number of aliphatic hydroxyl groups is 1. The zero-order valence-corrected chi connectivity index (χ0v) is 12.6. The maximum atomic E-state index is 10.4. The van der Waals surface area contributed by atoms with Crippen LogP contribution in [0.25, 0.3) is 0 Å². The first kappa shape index (κ1) is 16.0. The Morgan fingerprint density at radius 3 is 2.37 bits per heavy atom. The SMILES string of the molecule is CCCCCN(C)C(C)C(O)c1ccc(OC)cc1. The van der Waals surface area contributed by atoms with E-state index in [0.29, 0.717) is 0 Å². The quantitative estimate of drug-likeness (QED) is 0.732. The Bertz CT molecular complexity index is 350. The molecule has 0 fully saturated rings. The summed E-state index contributed by atoms with van der Waals surface area (Å²) in [5, 5.41) is 10.4. The standard InChI is InChI=1S/C16H27NO2/c1-5-6-7-12-17(3)13(2)16(18)14-8-10-15(19-4)11-9-14/h8-11,13,16,18H,5-7,12H2,1-4H3. The van der Waals surface area contributed by atoms with Crippen LogP contribution in [0.1, 0.15) is 44.8 Å². The number of methoxy groups -OCH3 is 1. The molecule has 0 radical (unpaired) electrons. The topological polar surface area (TPSA) is 32.7 Å².